The van der Waals surface area contributed by atoms with E-state index in [9.17, 15) is 0 Å². The van der Waals surface area contributed by atoms with Crippen molar-refractivity contribution in [2.24, 2.45) is 0 Å². The molecule has 0 aliphatic carbocycles. The molecule has 0 radical (unpaired) electrons. The Balaban J connectivity index is 0.000000261. The van der Waals surface area contributed by atoms with Gasteiger partial charge >= 0.3 is 0 Å². The standard InChI is InChI=1S/C4H4BrN3.C2H4O2/c5-3-1-8-4(6)2-7-3;1-4-2-3/h1-2H,(H2,6,8);2H,1H3. The molecule has 0 aliphatic rings. The van der Waals surface area contributed by atoms with Crippen LogP contribution in [0.1, 0.15) is 0 Å². The number of nitrogen functional groups attached to an aromatic ring is 1. The van der Waals surface area contributed by atoms with Crippen molar-refractivity contribution in [3.8, 4) is 0 Å². The highest BCUT2D eigenvalue weighted by Gasteiger charge is 1.84. The number of carbonyl (C=O) groups is 1. The van der Waals surface area contributed by atoms with Crippen molar-refractivity contribution < 1.29 is 9.53 Å². The summed E-state index contributed by atoms with van der Waals surface area (Å²) in [6.07, 6.45) is 3.04. The maximum absolute atomic E-state index is 8.95. The van der Waals surface area contributed by atoms with E-state index in [0.717, 1.165) is 0 Å². The number of hydrogen-bond donors (Lipinski definition) is 1. The van der Waals surface area contributed by atoms with Gasteiger partial charge in [0.05, 0.1) is 19.5 Å². The first-order valence-electron chi connectivity index (χ1n) is 2.90. The first-order chi connectivity index (χ1) is 5.70. The van der Waals surface area contributed by atoms with Gasteiger partial charge in [0.2, 0.25) is 0 Å². The molecule has 6 heteroatoms. The van der Waals surface area contributed by atoms with Gasteiger partial charge < -0.3 is 10.5 Å². The van der Waals surface area contributed by atoms with E-state index in [-0.39, 0.29) is 0 Å². The lowest BCUT2D eigenvalue weighted by molar-refractivity contribution is -0.126. The molecule has 0 amide bonds. The van der Waals surface area contributed by atoms with E-state index in [1.54, 1.807) is 6.20 Å². The number of aromatic nitrogens is 2. The highest BCUT2D eigenvalue weighted by atomic mass is 79.9. The van der Waals surface area contributed by atoms with Crippen molar-refractivity contribution in [3.05, 3.63) is 17.0 Å². The number of nitrogens with zero attached hydrogens (tertiary/aromatic N) is 2. The quantitative estimate of drug-likeness (QED) is 0.720. The first-order valence-corrected chi connectivity index (χ1v) is 3.69. The second-order valence-corrected chi connectivity index (χ2v) is 2.41. The molecule has 66 valence electrons. The van der Waals surface area contributed by atoms with Crippen LogP contribution in [0, 0.1) is 0 Å². The van der Waals surface area contributed by atoms with Crippen molar-refractivity contribution in [1.82, 2.24) is 9.97 Å². The molecule has 1 aromatic heterocycles. The number of carbonyl (C=O) groups excluding carboxylic acids is 1. The van der Waals surface area contributed by atoms with Gasteiger partial charge in [0.25, 0.3) is 6.47 Å². The lowest BCUT2D eigenvalue weighted by atomic mass is 10.7. The molecule has 1 aromatic rings. The Morgan fingerprint density at radius 1 is 1.58 bits per heavy atom. The number of halogens is 1. The maximum Gasteiger partial charge on any atom is 0.292 e. The van der Waals surface area contributed by atoms with Gasteiger partial charge in [0, 0.05) is 0 Å². The molecule has 0 aromatic carbocycles. The molecule has 0 spiro atoms. The van der Waals surface area contributed by atoms with Crippen LogP contribution < -0.4 is 5.73 Å². The van der Waals surface area contributed by atoms with Gasteiger partial charge in [-0.05, 0) is 15.9 Å². The van der Waals surface area contributed by atoms with Gasteiger partial charge in [-0.2, -0.15) is 0 Å². The van der Waals surface area contributed by atoms with E-state index in [4.69, 9.17) is 10.5 Å². The molecule has 0 bridgehead atoms. The molecule has 12 heavy (non-hydrogen) atoms. The third kappa shape index (κ3) is 5.60. The van der Waals surface area contributed by atoms with E-state index < -0.39 is 0 Å². The van der Waals surface area contributed by atoms with Crippen LogP contribution >= 0.6 is 15.9 Å². The minimum absolute atomic E-state index is 0.375. The van der Waals surface area contributed by atoms with Crippen LogP contribution in [0.15, 0.2) is 17.0 Å². The van der Waals surface area contributed by atoms with Crippen molar-refractivity contribution in [2.45, 2.75) is 0 Å². The molecule has 0 saturated heterocycles. The van der Waals surface area contributed by atoms with Gasteiger partial charge in [-0.15, -0.1) is 0 Å². The smallest absolute Gasteiger partial charge is 0.292 e. The molecule has 0 unspecified atom stereocenters. The van der Waals surface area contributed by atoms with E-state index in [0.29, 0.717) is 16.9 Å². The van der Waals surface area contributed by atoms with Crippen molar-refractivity contribution in [3.63, 3.8) is 0 Å². The van der Waals surface area contributed by atoms with Crippen LogP contribution in [-0.2, 0) is 9.53 Å². The van der Waals surface area contributed by atoms with Crippen LogP contribution in [0.25, 0.3) is 0 Å². The number of hydrogen-bond acceptors (Lipinski definition) is 5. The number of ether oxygens (including phenoxy) is 1. The molecule has 0 fully saturated rings. The topological polar surface area (TPSA) is 78.1 Å². The molecular weight excluding hydrogens is 226 g/mol. The Labute approximate surface area is 78.1 Å². The minimum Gasteiger partial charge on any atom is -0.471 e. The second-order valence-electron chi connectivity index (χ2n) is 1.60. The zero-order valence-corrected chi connectivity index (χ0v) is 7.98. The van der Waals surface area contributed by atoms with Crippen LogP contribution in [0.4, 0.5) is 5.82 Å². The van der Waals surface area contributed by atoms with E-state index in [1.165, 1.54) is 13.3 Å². The second kappa shape index (κ2) is 6.53. The third-order valence-electron chi connectivity index (χ3n) is 0.737. The van der Waals surface area contributed by atoms with Crippen LogP contribution in [0.3, 0.4) is 0 Å². The minimum atomic E-state index is 0.375. The Bertz CT molecular complexity index is 206. The van der Waals surface area contributed by atoms with Crippen molar-refractivity contribution in [2.75, 3.05) is 12.8 Å². The number of nitrogens with two attached hydrogens (primary N) is 1. The predicted molar refractivity (Wildman–Crippen MR) is 47.2 cm³/mol. The number of anilines is 1. The third-order valence-corrected chi connectivity index (χ3v) is 1.15. The monoisotopic (exact) mass is 233 g/mol. The Hall–Kier alpha value is -1.17. The van der Waals surface area contributed by atoms with Crippen LogP contribution in [-0.4, -0.2) is 23.5 Å². The van der Waals surface area contributed by atoms with Gasteiger partial charge in [0.1, 0.15) is 10.4 Å². The summed E-state index contributed by atoms with van der Waals surface area (Å²) in [5, 5.41) is 0. The van der Waals surface area contributed by atoms with Crippen LogP contribution in [0.5, 0.6) is 0 Å². The molecule has 5 nitrogen and oxygen atoms in total. The summed E-state index contributed by atoms with van der Waals surface area (Å²) in [7, 11) is 1.31. The summed E-state index contributed by atoms with van der Waals surface area (Å²) in [5.41, 5.74) is 5.23. The highest BCUT2D eigenvalue weighted by Crippen LogP contribution is 2.02. The largest absolute Gasteiger partial charge is 0.471 e. The fraction of sp³-hybridized carbons (Fsp3) is 0.167. The number of rotatable bonds is 1. The van der Waals surface area contributed by atoms with Crippen molar-refractivity contribution in [1.29, 1.82) is 0 Å². The van der Waals surface area contributed by atoms with Gasteiger partial charge in [-0.1, -0.05) is 0 Å². The fourth-order valence-corrected chi connectivity index (χ4v) is 0.527. The Morgan fingerprint density at radius 3 is 2.42 bits per heavy atom. The molecule has 0 atom stereocenters. The maximum atomic E-state index is 8.95. The molecule has 1 heterocycles. The molecule has 0 aliphatic heterocycles. The van der Waals surface area contributed by atoms with E-state index in [2.05, 4.69) is 30.6 Å². The highest BCUT2D eigenvalue weighted by molar-refractivity contribution is 9.10. The average molecular weight is 234 g/mol. The van der Waals surface area contributed by atoms with Crippen LogP contribution in [0.2, 0.25) is 0 Å². The summed E-state index contributed by atoms with van der Waals surface area (Å²) in [4.78, 5) is 16.5. The normalized spacial score (nSPS) is 7.83. The molecule has 2 N–H and O–H groups in total. The molecular formula is C6H8BrN3O2. The summed E-state index contributed by atoms with van der Waals surface area (Å²) in [5.74, 6) is 0.438. The zero-order valence-electron chi connectivity index (χ0n) is 6.40. The van der Waals surface area contributed by atoms with E-state index >= 15 is 0 Å². The van der Waals surface area contributed by atoms with E-state index in [1.807, 2.05) is 0 Å². The lowest BCUT2D eigenvalue weighted by Gasteiger charge is -1.87. The summed E-state index contributed by atoms with van der Waals surface area (Å²) >= 11 is 3.12. The SMILES string of the molecule is COC=O.Nc1cnc(Br)cn1. The summed E-state index contributed by atoms with van der Waals surface area (Å²) in [6, 6.07) is 0. The van der Waals surface area contributed by atoms with Gasteiger partial charge in [0.15, 0.2) is 0 Å². The predicted octanol–water partition coefficient (Wildman–Crippen LogP) is 0.610. The summed E-state index contributed by atoms with van der Waals surface area (Å²) < 4.78 is 4.56. The fourth-order valence-electron chi connectivity index (χ4n) is 0.322. The lowest BCUT2D eigenvalue weighted by Crippen LogP contribution is -1.89. The average Bonchev–Trinajstić information content (AvgIpc) is 2.11. The van der Waals surface area contributed by atoms with Gasteiger partial charge in [-0.3, -0.25) is 4.79 Å². The molecule has 0 saturated carbocycles. The Morgan fingerprint density at radius 2 is 2.17 bits per heavy atom. The molecule has 1 rings (SSSR count). The zero-order chi connectivity index (χ0) is 9.40. The van der Waals surface area contributed by atoms with Crippen molar-refractivity contribution >= 4 is 28.2 Å². The number of methoxy groups -OCH3 is 1. The first kappa shape index (κ1) is 10.8. The Kier molecular flexibility index (Phi) is 5.90. The van der Waals surface area contributed by atoms with Gasteiger partial charge in [-0.25, -0.2) is 9.97 Å². The summed E-state index contributed by atoms with van der Waals surface area (Å²) in [6.45, 7) is 0.375.